The van der Waals surface area contributed by atoms with Crippen LogP contribution in [0.4, 0.5) is 13.2 Å². The Labute approximate surface area is 152 Å². The number of aryl methyl sites for hydroxylation is 1. The fourth-order valence-corrected chi connectivity index (χ4v) is 2.62. The van der Waals surface area contributed by atoms with Crippen LogP contribution in [0.15, 0.2) is 24.3 Å². The number of nitrogens with zero attached hydrogens (tertiary/aromatic N) is 1. The SMILES string of the molecule is Cc1ccc(CCN(CC(F)(F)F)C(=O)CC2COCCN2)cc1.Cl. The number of morpholine rings is 1. The molecule has 1 fully saturated rings. The average Bonchev–Trinajstić information content (AvgIpc) is 2.53. The second-order valence-electron chi connectivity index (χ2n) is 6.10. The second kappa shape index (κ2) is 9.99. The van der Waals surface area contributed by atoms with Crippen LogP contribution in [-0.4, -0.2) is 55.9 Å². The molecule has 142 valence electrons. The standard InChI is InChI=1S/C17H23F3N2O2.ClH/c1-13-2-4-14(5-3-13)6-8-22(12-17(18,19)20)16(23)10-15-11-24-9-7-21-15;/h2-5,15,21H,6-12H2,1H3;1H. The second-order valence-corrected chi connectivity index (χ2v) is 6.10. The minimum atomic E-state index is -4.40. The van der Waals surface area contributed by atoms with E-state index < -0.39 is 18.6 Å². The van der Waals surface area contributed by atoms with E-state index in [0.29, 0.717) is 26.2 Å². The van der Waals surface area contributed by atoms with Crippen molar-refractivity contribution < 1.29 is 22.7 Å². The maximum absolute atomic E-state index is 12.8. The highest BCUT2D eigenvalue weighted by atomic mass is 35.5. The molecule has 0 aromatic heterocycles. The third-order valence-electron chi connectivity index (χ3n) is 3.93. The molecule has 1 amide bonds. The Balaban J connectivity index is 0.00000312. The molecule has 2 rings (SSSR count). The van der Waals surface area contributed by atoms with Crippen molar-refractivity contribution in [3.8, 4) is 0 Å². The third kappa shape index (κ3) is 8.07. The lowest BCUT2D eigenvalue weighted by atomic mass is 10.1. The third-order valence-corrected chi connectivity index (χ3v) is 3.93. The molecule has 1 saturated heterocycles. The van der Waals surface area contributed by atoms with Crippen LogP contribution in [0.1, 0.15) is 17.5 Å². The van der Waals surface area contributed by atoms with E-state index in [9.17, 15) is 18.0 Å². The van der Waals surface area contributed by atoms with Crippen LogP contribution in [0.25, 0.3) is 0 Å². The van der Waals surface area contributed by atoms with Gasteiger partial charge in [0.15, 0.2) is 0 Å². The number of rotatable bonds is 6. The normalized spacial score (nSPS) is 17.7. The van der Waals surface area contributed by atoms with Crippen molar-refractivity contribution >= 4 is 18.3 Å². The van der Waals surface area contributed by atoms with Crippen molar-refractivity contribution in [1.82, 2.24) is 10.2 Å². The lowest BCUT2D eigenvalue weighted by Gasteiger charge is -2.28. The molecule has 1 aliphatic rings. The van der Waals surface area contributed by atoms with Crippen molar-refractivity contribution in [3.05, 3.63) is 35.4 Å². The minimum absolute atomic E-state index is 0. The molecule has 1 heterocycles. The predicted octanol–water partition coefficient (Wildman–Crippen LogP) is 2.73. The number of ether oxygens (including phenoxy) is 1. The zero-order valence-corrected chi connectivity index (χ0v) is 15.0. The van der Waals surface area contributed by atoms with Gasteiger partial charge in [-0.2, -0.15) is 13.2 Å². The zero-order valence-electron chi connectivity index (χ0n) is 14.1. The van der Waals surface area contributed by atoms with E-state index in [2.05, 4.69) is 5.32 Å². The molecule has 1 aromatic rings. The molecule has 0 saturated carbocycles. The Morgan fingerprint density at radius 2 is 2.00 bits per heavy atom. The molecule has 4 nitrogen and oxygen atoms in total. The van der Waals surface area contributed by atoms with Crippen LogP contribution in [0.3, 0.4) is 0 Å². The monoisotopic (exact) mass is 380 g/mol. The summed E-state index contributed by atoms with van der Waals surface area (Å²) in [5, 5.41) is 3.09. The minimum Gasteiger partial charge on any atom is -0.378 e. The molecule has 1 aromatic carbocycles. The summed E-state index contributed by atoms with van der Waals surface area (Å²) in [6.45, 7) is 2.30. The molecule has 0 spiro atoms. The molecular formula is C17H24ClF3N2O2. The Morgan fingerprint density at radius 1 is 1.32 bits per heavy atom. The van der Waals surface area contributed by atoms with Crippen LogP contribution >= 0.6 is 12.4 Å². The summed E-state index contributed by atoms with van der Waals surface area (Å²) < 4.78 is 43.6. The van der Waals surface area contributed by atoms with Crippen LogP contribution in [0.2, 0.25) is 0 Å². The fraction of sp³-hybridized carbons (Fsp3) is 0.588. The van der Waals surface area contributed by atoms with Crippen molar-refractivity contribution in [2.75, 3.05) is 32.8 Å². The van der Waals surface area contributed by atoms with E-state index in [-0.39, 0.29) is 31.4 Å². The number of alkyl halides is 3. The molecular weight excluding hydrogens is 357 g/mol. The van der Waals surface area contributed by atoms with Crippen molar-refractivity contribution in [2.45, 2.75) is 32.0 Å². The highest BCUT2D eigenvalue weighted by Crippen LogP contribution is 2.18. The van der Waals surface area contributed by atoms with E-state index in [1.807, 2.05) is 31.2 Å². The first-order valence-electron chi connectivity index (χ1n) is 8.05. The topological polar surface area (TPSA) is 41.6 Å². The van der Waals surface area contributed by atoms with Crippen molar-refractivity contribution in [3.63, 3.8) is 0 Å². The van der Waals surface area contributed by atoms with E-state index in [1.54, 1.807) is 0 Å². The first-order valence-corrected chi connectivity index (χ1v) is 8.05. The maximum atomic E-state index is 12.8. The number of hydrogen-bond donors (Lipinski definition) is 1. The predicted molar refractivity (Wildman–Crippen MR) is 92.0 cm³/mol. The molecule has 0 aliphatic carbocycles. The number of carbonyl (C=O) groups is 1. The maximum Gasteiger partial charge on any atom is 0.406 e. The average molecular weight is 381 g/mol. The largest absolute Gasteiger partial charge is 0.406 e. The highest BCUT2D eigenvalue weighted by molar-refractivity contribution is 5.85. The number of hydrogen-bond acceptors (Lipinski definition) is 3. The van der Waals surface area contributed by atoms with Gasteiger partial charge >= 0.3 is 6.18 Å². The highest BCUT2D eigenvalue weighted by Gasteiger charge is 2.33. The lowest BCUT2D eigenvalue weighted by Crippen LogP contribution is -2.47. The molecule has 25 heavy (non-hydrogen) atoms. The number of nitrogens with one attached hydrogen (secondary N) is 1. The van der Waals surface area contributed by atoms with Gasteiger partial charge in [-0.05, 0) is 18.9 Å². The quantitative estimate of drug-likeness (QED) is 0.825. The van der Waals surface area contributed by atoms with Crippen LogP contribution in [0, 0.1) is 6.92 Å². The first kappa shape index (κ1) is 21.7. The molecule has 1 N–H and O–H groups in total. The molecule has 0 radical (unpaired) electrons. The molecule has 1 atom stereocenters. The Morgan fingerprint density at radius 3 is 2.56 bits per heavy atom. The summed E-state index contributed by atoms with van der Waals surface area (Å²) >= 11 is 0. The van der Waals surface area contributed by atoms with Crippen LogP contribution in [-0.2, 0) is 16.0 Å². The van der Waals surface area contributed by atoms with Gasteiger partial charge in [0.1, 0.15) is 6.54 Å². The summed E-state index contributed by atoms with van der Waals surface area (Å²) in [7, 11) is 0. The Bertz CT molecular complexity index is 532. The number of amides is 1. The van der Waals surface area contributed by atoms with E-state index in [4.69, 9.17) is 4.74 Å². The summed E-state index contributed by atoms with van der Waals surface area (Å²) in [6.07, 6.45) is -3.99. The summed E-state index contributed by atoms with van der Waals surface area (Å²) in [5.74, 6) is -0.498. The molecule has 1 unspecified atom stereocenters. The number of carbonyl (C=O) groups excluding carboxylic acids is 1. The van der Waals surface area contributed by atoms with E-state index >= 15 is 0 Å². The van der Waals surface area contributed by atoms with Gasteiger partial charge in [-0.15, -0.1) is 12.4 Å². The van der Waals surface area contributed by atoms with Gasteiger partial charge < -0.3 is 15.0 Å². The van der Waals surface area contributed by atoms with Gasteiger partial charge in [0.2, 0.25) is 5.91 Å². The molecule has 8 heteroatoms. The van der Waals surface area contributed by atoms with E-state index in [1.165, 1.54) is 0 Å². The molecule has 1 aliphatic heterocycles. The number of halogens is 4. The Hall–Kier alpha value is -1.31. The van der Waals surface area contributed by atoms with Gasteiger partial charge in [0.25, 0.3) is 0 Å². The van der Waals surface area contributed by atoms with Crippen molar-refractivity contribution in [1.29, 1.82) is 0 Å². The number of benzene rings is 1. The van der Waals surface area contributed by atoms with Gasteiger partial charge in [0.05, 0.1) is 13.2 Å². The van der Waals surface area contributed by atoms with Gasteiger partial charge in [-0.25, -0.2) is 0 Å². The smallest absolute Gasteiger partial charge is 0.378 e. The van der Waals surface area contributed by atoms with Crippen LogP contribution in [0.5, 0.6) is 0 Å². The zero-order chi connectivity index (χ0) is 17.6. The van der Waals surface area contributed by atoms with Crippen molar-refractivity contribution in [2.24, 2.45) is 0 Å². The summed E-state index contributed by atoms with van der Waals surface area (Å²) in [5.41, 5.74) is 2.00. The Kier molecular flexibility index (Phi) is 8.68. The summed E-state index contributed by atoms with van der Waals surface area (Å²) in [6, 6.07) is 7.36. The van der Waals surface area contributed by atoms with Gasteiger partial charge in [0, 0.05) is 25.6 Å². The lowest BCUT2D eigenvalue weighted by molar-refractivity contribution is -0.161. The van der Waals surface area contributed by atoms with Gasteiger partial charge in [-0.1, -0.05) is 29.8 Å². The molecule has 0 bridgehead atoms. The first-order chi connectivity index (χ1) is 11.3. The van der Waals surface area contributed by atoms with Gasteiger partial charge in [-0.3, -0.25) is 4.79 Å². The van der Waals surface area contributed by atoms with Crippen LogP contribution < -0.4 is 5.32 Å². The fourth-order valence-electron chi connectivity index (χ4n) is 2.62. The summed E-state index contributed by atoms with van der Waals surface area (Å²) in [4.78, 5) is 13.2. The van der Waals surface area contributed by atoms with E-state index in [0.717, 1.165) is 16.0 Å².